The van der Waals surface area contributed by atoms with Crippen molar-refractivity contribution in [1.82, 2.24) is 0 Å². The van der Waals surface area contributed by atoms with Crippen molar-refractivity contribution in [2.45, 2.75) is 0 Å². The van der Waals surface area contributed by atoms with Gasteiger partial charge < -0.3 is 0 Å². The molecule has 0 bridgehead atoms. The lowest BCUT2D eigenvalue weighted by molar-refractivity contribution is -0.595. The Morgan fingerprint density at radius 2 is 2.25 bits per heavy atom. The number of quaternary nitrogens is 1. The van der Waals surface area contributed by atoms with Gasteiger partial charge in [-0.3, -0.25) is 4.55 Å². The molecule has 1 atom stereocenters. The lowest BCUT2D eigenvalue weighted by Crippen LogP contribution is -2.19. The first-order valence-electron chi connectivity index (χ1n) is 2.33. The monoisotopic (exact) mass is 134 g/mol. The predicted octanol–water partition coefficient (Wildman–Crippen LogP) is 0.0970. The van der Waals surface area contributed by atoms with Crippen molar-refractivity contribution in [3.63, 3.8) is 0 Å². The molecule has 0 aromatic carbocycles. The summed E-state index contributed by atoms with van der Waals surface area (Å²) in [7, 11) is 0. The average Bonchev–Trinajstić information content (AvgIpc) is 2.44. The van der Waals surface area contributed by atoms with Crippen LogP contribution in [0.15, 0.2) is 12.8 Å². The Labute approximate surface area is 50.6 Å². The van der Waals surface area contributed by atoms with Crippen molar-refractivity contribution in [1.29, 1.82) is 0 Å². The van der Waals surface area contributed by atoms with Crippen LogP contribution in [0.2, 0.25) is 0 Å². The Bertz CT molecular complexity index is 141. The minimum Gasteiger partial charge on any atom is -0.260 e. The molecule has 0 aromatic rings. The molecule has 8 heavy (non-hydrogen) atoms. The average molecular weight is 134 g/mol. The Balaban J connectivity index is 2.66. The van der Waals surface area contributed by atoms with Crippen molar-refractivity contribution in [3.05, 3.63) is 12.8 Å². The third-order valence-corrected chi connectivity index (χ3v) is 2.44. The molecule has 1 aliphatic rings. The highest BCUT2D eigenvalue weighted by molar-refractivity contribution is 7.73. The summed E-state index contributed by atoms with van der Waals surface area (Å²) in [5, 5.41) is 0. The van der Waals surface area contributed by atoms with Crippen molar-refractivity contribution < 1.29 is 12.6 Å². The SMILES string of the molecule is C=C[N+]1(S(=O)O)CC1. The molecule has 0 saturated carbocycles. The summed E-state index contributed by atoms with van der Waals surface area (Å²) in [4.78, 5) is 0. The van der Waals surface area contributed by atoms with Crippen molar-refractivity contribution in [2.75, 3.05) is 13.1 Å². The molecule has 0 aromatic heterocycles. The van der Waals surface area contributed by atoms with Gasteiger partial charge in [-0.1, -0.05) is 0 Å². The van der Waals surface area contributed by atoms with E-state index in [1.54, 1.807) is 0 Å². The highest BCUT2D eigenvalue weighted by atomic mass is 32.2. The summed E-state index contributed by atoms with van der Waals surface area (Å²) < 4.78 is 19.0. The van der Waals surface area contributed by atoms with Gasteiger partial charge in [0.1, 0.15) is 19.3 Å². The largest absolute Gasteiger partial charge is 0.363 e. The van der Waals surface area contributed by atoms with Gasteiger partial charge in [-0.15, -0.1) is 0 Å². The molecule has 1 fully saturated rings. The molecule has 1 rings (SSSR count). The van der Waals surface area contributed by atoms with E-state index in [0.717, 1.165) is 13.1 Å². The molecule has 0 aliphatic carbocycles. The maximum atomic E-state index is 10.3. The third-order valence-electron chi connectivity index (χ3n) is 1.31. The lowest BCUT2D eigenvalue weighted by atomic mass is 11.0. The van der Waals surface area contributed by atoms with Crippen LogP contribution in [0, 0.1) is 0 Å². The second-order valence-corrected chi connectivity index (χ2v) is 3.00. The van der Waals surface area contributed by atoms with Crippen LogP contribution in [0.5, 0.6) is 0 Å². The summed E-state index contributed by atoms with van der Waals surface area (Å²) in [5.41, 5.74) is 0. The van der Waals surface area contributed by atoms with Crippen LogP contribution in [0.25, 0.3) is 0 Å². The zero-order chi connectivity index (χ0) is 6.20. The van der Waals surface area contributed by atoms with E-state index in [1.807, 2.05) is 0 Å². The van der Waals surface area contributed by atoms with Crippen molar-refractivity contribution in [3.8, 4) is 0 Å². The molecular formula is C4H8NO2S+. The van der Waals surface area contributed by atoms with Gasteiger partial charge in [0.15, 0.2) is 0 Å². The molecule has 1 unspecified atom stereocenters. The fraction of sp³-hybridized carbons (Fsp3) is 0.500. The first kappa shape index (κ1) is 5.94. The van der Waals surface area contributed by atoms with Crippen molar-refractivity contribution in [2.24, 2.45) is 0 Å². The molecule has 1 heterocycles. The smallest absolute Gasteiger partial charge is 0.260 e. The molecule has 4 heteroatoms. The second kappa shape index (κ2) is 1.65. The number of rotatable bonds is 2. The van der Waals surface area contributed by atoms with E-state index in [0.29, 0.717) is 0 Å². The van der Waals surface area contributed by atoms with E-state index in [-0.39, 0.29) is 3.89 Å². The molecule has 0 spiro atoms. The Morgan fingerprint density at radius 3 is 2.25 bits per heavy atom. The first-order valence-corrected chi connectivity index (χ1v) is 3.39. The predicted molar refractivity (Wildman–Crippen MR) is 31.0 cm³/mol. The van der Waals surface area contributed by atoms with E-state index in [1.165, 1.54) is 6.20 Å². The van der Waals surface area contributed by atoms with Crippen LogP contribution >= 0.6 is 0 Å². The molecule has 3 nitrogen and oxygen atoms in total. The zero-order valence-electron chi connectivity index (χ0n) is 4.41. The standard InChI is InChI=1S/C4H7NO2S/c1-2-5(3-4-5)8(6)7/h2H,1,3-4H2/p+1. The van der Waals surface area contributed by atoms with Crippen LogP contribution in [0.4, 0.5) is 0 Å². The molecule has 46 valence electrons. The maximum absolute atomic E-state index is 10.3. The summed E-state index contributed by atoms with van der Waals surface area (Å²) >= 11 is -1.75. The van der Waals surface area contributed by atoms with E-state index >= 15 is 0 Å². The summed E-state index contributed by atoms with van der Waals surface area (Å²) in [6, 6.07) is 0. The van der Waals surface area contributed by atoms with Gasteiger partial charge in [-0.2, -0.15) is 8.10 Å². The van der Waals surface area contributed by atoms with Crippen LogP contribution in [-0.2, 0) is 11.3 Å². The fourth-order valence-electron chi connectivity index (χ4n) is 0.501. The first-order chi connectivity index (χ1) is 3.71. The minimum absolute atomic E-state index is 0.167. The van der Waals surface area contributed by atoms with Gasteiger partial charge in [-0.05, 0) is 6.58 Å². The van der Waals surface area contributed by atoms with Crippen molar-refractivity contribution >= 4 is 11.3 Å². The third kappa shape index (κ3) is 0.705. The normalized spacial score (nSPS) is 26.6. The Morgan fingerprint density at radius 1 is 1.75 bits per heavy atom. The zero-order valence-corrected chi connectivity index (χ0v) is 5.23. The highest BCUT2D eigenvalue weighted by Crippen LogP contribution is 2.23. The number of hydrogen-bond donors (Lipinski definition) is 1. The minimum atomic E-state index is -1.75. The van der Waals surface area contributed by atoms with Gasteiger partial charge in [0.25, 0.3) is 0 Å². The quantitative estimate of drug-likeness (QED) is 0.330. The van der Waals surface area contributed by atoms with Gasteiger partial charge in [0, 0.05) is 0 Å². The fourth-order valence-corrected chi connectivity index (χ4v) is 1.02. The summed E-state index contributed by atoms with van der Waals surface area (Å²) in [6.07, 6.45) is 1.51. The van der Waals surface area contributed by atoms with E-state index in [2.05, 4.69) is 6.58 Å². The van der Waals surface area contributed by atoms with Crippen LogP contribution in [-0.4, -0.2) is 25.7 Å². The Kier molecular flexibility index (Phi) is 1.22. The summed E-state index contributed by atoms with van der Waals surface area (Å²) in [5.74, 6) is 0. The molecular weight excluding hydrogens is 126 g/mol. The molecule has 1 aliphatic heterocycles. The second-order valence-electron chi connectivity index (χ2n) is 1.81. The maximum Gasteiger partial charge on any atom is 0.363 e. The van der Waals surface area contributed by atoms with E-state index < -0.39 is 11.3 Å². The van der Waals surface area contributed by atoms with Crippen LogP contribution in [0.1, 0.15) is 0 Å². The Hall–Kier alpha value is -0.190. The van der Waals surface area contributed by atoms with Crippen LogP contribution < -0.4 is 0 Å². The van der Waals surface area contributed by atoms with Crippen LogP contribution in [0.3, 0.4) is 0 Å². The summed E-state index contributed by atoms with van der Waals surface area (Å²) in [6.45, 7) is 4.95. The topological polar surface area (TPSA) is 37.3 Å². The highest BCUT2D eigenvalue weighted by Gasteiger charge is 2.46. The molecule has 1 N–H and O–H groups in total. The molecule has 0 amide bonds. The van der Waals surface area contributed by atoms with E-state index in [9.17, 15) is 4.21 Å². The molecule has 1 saturated heterocycles. The number of nitrogens with zero attached hydrogens (tertiary/aromatic N) is 1. The van der Waals surface area contributed by atoms with Gasteiger partial charge in [0.2, 0.25) is 0 Å². The lowest BCUT2D eigenvalue weighted by Gasteiger charge is -2.01. The van der Waals surface area contributed by atoms with Gasteiger partial charge in [0.05, 0.1) is 0 Å². The van der Waals surface area contributed by atoms with Gasteiger partial charge in [-0.25, -0.2) is 0 Å². The van der Waals surface area contributed by atoms with E-state index in [4.69, 9.17) is 4.55 Å². The number of hydrogen-bond acceptors (Lipinski definition) is 1. The van der Waals surface area contributed by atoms with Gasteiger partial charge >= 0.3 is 11.3 Å². The molecule has 0 radical (unpaired) electrons.